The molecule has 0 saturated carbocycles. The predicted octanol–water partition coefficient (Wildman–Crippen LogP) is 1.24. The SMILES string of the molecule is CCCN=C(NCC)NCCc1nnc2ccccn12. The number of pyridine rings is 1. The summed E-state index contributed by atoms with van der Waals surface area (Å²) in [6, 6.07) is 5.91. The molecule has 0 aliphatic rings. The van der Waals surface area contributed by atoms with Crippen LogP contribution in [0, 0.1) is 0 Å². The Hall–Kier alpha value is -2.11. The summed E-state index contributed by atoms with van der Waals surface area (Å²) in [6.07, 6.45) is 3.84. The molecular formula is C14H22N6. The maximum atomic E-state index is 4.46. The zero-order valence-corrected chi connectivity index (χ0v) is 12.1. The summed E-state index contributed by atoms with van der Waals surface area (Å²) >= 11 is 0. The quantitative estimate of drug-likeness (QED) is 0.614. The first-order valence-corrected chi connectivity index (χ1v) is 7.16. The fourth-order valence-corrected chi connectivity index (χ4v) is 1.92. The zero-order chi connectivity index (χ0) is 14.2. The van der Waals surface area contributed by atoms with Crippen LogP contribution in [-0.2, 0) is 6.42 Å². The first-order chi connectivity index (χ1) is 9.85. The molecule has 0 spiro atoms. The maximum absolute atomic E-state index is 4.46. The molecule has 0 saturated heterocycles. The normalized spacial score (nSPS) is 11.8. The van der Waals surface area contributed by atoms with Crippen LogP contribution in [0.4, 0.5) is 0 Å². The third-order valence-corrected chi connectivity index (χ3v) is 2.86. The first-order valence-electron chi connectivity index (χ1n) is 7.16. The number of hydrogen-bond acceptors (Lipinski definition) is 3. The average molecular weight is 274 g/mol. The lowest BCUT2D eigenvalue weighted by atomic mass is 10.4. The van der Waals surface area contributed by atoms with Gasteiger partial charge in [-0.2, -0.15) is 0 Å². The van der Waals surface area contributed by atoms with E-state index in [0.717, 1.165) is 49.9 Å². The van der Waals surface area contributed by atoms with E-state index in [1.165, 1.54) is 0 Å². The molecule has 20 heavy (non-hydrogen) atoms. The monoisotopic (exact) mass is 274 g/mol. The smallest absolute Gasteiger partial charge is 0.191 e. The van der Waals surface area contributed by atoms with Crippen LogP contribution in [0.1, 0.15) is 26.1 Å². The summed E-state index contributed by atoms with van der Waals surface area (Å²) in [6.45, 7) is 6.67. The van der Waals surface area contributed by atoms with Crippen LogP contribution >= 0.6 is 0 Å². The Morgan fingerprint density at radius 2 is 2.15 bits per heavy atom. The fraction of sp³-hybridized carbons (Fsp3) is 0.500. The van der Waals surface area contributed by atoms with Crippen LogP contribution in [0.15, 0.2) is 29.4 Å². The van der Waals surface area contributed by atoms with Crippen LogP contribution in [-0.4, -0.2) is 40.2 Å². The second-order valence-corrected chi connectivity index (χ2v) is 4.48. The summed E-state index contributed by atoms with van der Waals surface area (Å²) in [5, 5.41) is 14.9. The van der Waals surface area contributed by atoms with Crippen LogP contribution in [0.2, 0.25) is 0 Å². The molecule has 0 unspecified atom stereocenters. The molecule has 2 aromatic heterocycles. The second-order valence-electron chi connectivity index (χ2n) is 4.48. The minimum Gasteiger partial charge on any atom is -0.357 e. The topological polar surface area (TPSA) is 66.6 Å². The van der Waals surface area contributed by atoms with Crippen LogP contribution < -0.4 is 10.6 Å². The van der Waals surface area contributed by atoms with E-state index in [1.54, 1.807) is 0 Å². The molecule has 6 nitrogen and oxygen atoms in total. The molecule has 2 aromatic rings. The lowest BCUT2D eigenvalue weighted by Gasteiger charge is -2.10. The van der Waals surface area contributed by atoms with Gasteiger partial charge >= 0.3 is 0 Å². The van der Waals surface area contributed by atoms with Crippen LogP contribution in [0.25, 0.3) is 5.65 Å². The number of nitrogens with zero attached hydrogens (tertiary/aromatic N) is 4. The van der Waals surface area contributed by atoms with Gasteiger partial charge in [-0.25, -0.2) is 0 Å². The van der Waals surface area contributed by atoms with Crippen molar-refractivity contribution >= 4 is 11.6 Å². The van der Waals surface area contributed by atoms with Gasteiger partial charge < -0.3 is 10.6 Å². The van der Waals surface area contributed by atoms with E-state index in [0.29, 0.717) is 0 Å². The maximum Gasteiger partial charge on any atom is 0.191 e. The van der Waals surface area contributed by atoms with Gasteiger partial charge in [-0.05, 0) is 25.5 Å². The second kappa shape index (κ2) is 7.47. The van der Waals surface area contributed by atoms with E-state index in [4.69, 9.17) is 0 Å². The van der Waals surface area contributed by atoms with Crippen molar-refractivity contribution in [2.24, 2.45) is 4.99 Å². The van der Waals surface area contributed by atoms with E-state index in [1.807, 2.05) is 28.8 Å². The zero-order valence-electron chi connectivity index (χ0n) is 12.1. The average Bonchev–Trinajstić information content (AvgIpc) is 2.88. The molecule has 0 radical (unpaired) electrons. The van der Waals surface area contributed by atoms with Gasteiger partial charge in [-0.1, -0.05) is 13.0 Å². The van der Waals surface area contributed by atoms with Gasteiger partial charge in [-0.3, -0.25) is 9.39 Å². The van der Waals surface area contributed by atoms with Gasteiger partial charge in [0.25, 0.3) is 0 Å². The summed E-state index contributed by atoms with van der Waals surface area (Å²) in [4.78, 5) is 4.46. The number of nitrogens with one attached hydrogen (secondary N) is 2. The van der Waals surface area contributed by atoms with Crippen LogP contribution in [0.5, 0.6) is 0 Å². The highest BCUT2D eigenvalue weighted by Gasteiger charge is 2.04. The van der Waals surface area contributed by atoms with Gasteiger partial charge in [-0.15, -0.1) is 10.2 Å². The van der Waals surface area contributed by atoms with E-state index < -0.39 is 0 Å². The van der Waals surface area contributed by atoms with E-state index in [2.05, 4.69) is 39.7 Å². The molecule has 0 aliphatic carbocycles. The molecular weight excluding hydrogens is 252 g/mol. The summed E-state index contributed by atoms with van der Waals surface area (Å²) in [5.41, 5.74) is 0.883. The minimum atomic E-state index is 0.783. The summed E-state index contributed by atoms with van der Waals surface area (Å²) in [5.74, 6) is 1.82. The van der Waals surface area contributed by atoms with Gasteiger partial charge in [0, 0.05) is 32.3 Å². The number of hydrogen-bond donors (Lipinski definition) is 2. The Morgan fingerprint density at radius 1 is 1.25 bits per heavy atom. The number of aromatic nitrogens is 3. The van der Waals surface area contributed by atoms with E-state index in [9.17, 15) is 0 Å². The molecule has 0 fully saturated rings. The van der Waals surface area contributed by atoms with Gasteiger partial charge in [0.15, 0.2) is 11.6 Å². The third kappa shape index (κ3) is 3.69. The number of fused-ring (bicyclic) bond motifs is 1. The first kappa shape index (κ1) is 14.3. The van der Waals surface area contributed by atoms with Gasteiger partial charge in [0.05, 0.1) is 0 Å². The highest BCUT2D eigenvalue weighted by atomic mass is 15.2. The molecule has 0 amide bonds. The summed E-state index contributed by atoms with van der Waals surface area (Å²) < 4.78 is 2.01. The standard InChI is InChI=1S/C14H22N6/c1-3-9-16-14(15-4-2)17-10-8-13-19-18-12-7-5-6-11-20(12)13/h5-7,11H,3-4,8-10H2,1-2H3,(H2,15,16,17). The third-order valence-electron chi connectivity index (χ3n) is 2.86. The Balaban J connectivity index is 1.91. The fourth-order valence-electron chi connectivity index (χ4n) is 1.92. The van der Waals surface area contributed by atoms with Crippen molar-refractivity contribution in [1.82, 2.24) is 25.2 Å². The Labute approximate surface area is 119 Å². The van der Waals surface area contributed by atoms with Crippen molar-refractivity contribution < 1.29 is 0 Å². The molecule has 0 aliphatic heterocycles. The Kier molecular flexibility index (Phi) is 5.34. The number of aliphatic imine (C=N–C) groups is 1. The molecule has 108 valence electrons. The van der Waals surface area contributed by atoms with E-state index >= 15 is 0 Å². The molecule has 2 rings (SSSR count). The molecule has 0 bridgehead atoms. The van der Waals surface area contributed by atoms with Crippen LogP contribution in [0.3, 0.4) is 0 Å². The predicted molar refractivity (Wildman–Crippen MR) is 81.0 cm³/mol. The molecule has 6 heteroatoms. The van der Waals surface area contributed by atoms with E-state index in [-0.39, 0.29) is 0 Å². The highest BCUT2D eigenvalue weighted by molar-refractivity contribution is 5.79. The molecule has 0 aromatic carbocycles. The molecule has 2 heterocycles. The van der Waals surface area contributed by atoms with Crippen molar-refractivity contribution in [3.63, 3.8) is 0 Å². The lowest BCUT2D eigenvalue weighted by Crippen LogP contribution is -2.38. The lowest BCUT2D eigenvalue weighted by molar-refractivity contribution is 0.760. The summed E-state index contributed by atoms with van der Waals surface area (Å²) in [7, 11) is 0. The molecule has 2 N–H and O–H groups in total. The highest BCUT2D eigenvalue weighted by Crippen LogP contribution is 2.02. The minimum absolute atomic E-state index is 0.783. The van der Waals surface area contributed by atoms with Crippen molar-refractivity contribution in [2.75, 3.05) is 19.6 Å². The van der Waals surface area contributed by atoms with Crippen molar-refractivity contribution in [3.8, 4) is 0 Å². The largest absolute Gasteiger partial charge is 0.357 e. The van der Waals surface area contributed by atoms with Crippen molar-refractivity contribution in [1.29, 1.82) is 0 Å². The Morgan fingerprint density at radius 3 is 2.95 bits per heavy atom. The van der Waals surface area contributed by atoms with Gasteiger partial charge in [0.1, 0.15) is 5.82 Å². The number of guanidine groups is 1. The van der Waals surface area contributed by atoms with Gasteiger partial charge in [0.2, 0.25) is 0 Å². The van der Waals surface area contributed by atoms with Crippen molar-refractivity contribution in [2.45, 2.75) is 26.7 Å². The Bertz CT molecular complexity index is 560. The molecule has 0 atom stereocenters. The number of rotatable bonds is 6. The van der Waals surface area contributed by atoms with Crippen molar-refractivity contribution in [3.05, 3.63) is 30.2 Å².